The molecule has 0 saturated heterocycles. The quantitative estimate of drug-likeness (QED) is 0.699. The van der Waals surface area contributed by atoms with Crippen molar-refractivity contribution < 1.29 is 28.2 Å². The summed E-state index contributed by atoms with van der Waals surface area (Å²) in [5, 5.41) is 2.98. The first-order valence-corrected chi connectivity index (χ1v) is 9.86. The van der Waals surface area contributed by atoms with Gasteiger partial charge >= 0.3 is 5.97 Å². The van der Waals surface area contributed by atoms with Gasteiger partial charge in [0.1, 0.15) is 5.00 Å². The van der Waals surface area contributed by atoms with Gasteiger partial charge in [-0.25, -0.2) is 9.18 Å². The Bertz CT molecular complexity index is 972. The molecule has 1 atom stereocenters. The number of hydrogen-bond donors (Lipinski definition) is 2. The lowest BCUT2D eigenvalue weighted by Gasteiger charge is -2.18. The molecular weight excluding hydrogens is 399 g/mol. The van der Waals surface area contributed by atoms with E-state index in [0.29, 0.717) is 16.5 Å². The molecule has 3 rings (SSSR count). The monoisotopic (exact) mass is 420 g/mol. The molecule has 1 aliphatic rings. The van der Waals surface area contributed by atoms with Gasteiger partial charge in [-0.2, -0.15) is 0 Å². The molecule has 3 N–H and O–H groups in total. The number of carbonyl (C=O) groups is 3. The summed E-state index contributed by atoms with van der Waals surface area (Å²) < 4.78 is 23.4. The Balaban J connectivity index is 1.66. The van der Waals surface area contributed by atoms with Crippen LogP contribution in [-0.2, 0) is 22.4 Å². The maximum atomic E-state index is 13.7. The topological polar surface area (TPSA) is 108 Å². The first-order chi connectivity index (χ1) is 13.8. The smallest absolute Gasteiger partial charge is 0.338 e. The van der Waals surface area contributed by atoms with Crippen LogP contribution in [0.25, 0.3) is 0 Å². The van der Waals surface area contributed by atoms with Gasteiger partial charge in [0.15, 0.2) is 18.2 Å². The van der Waals surface area contributed by atoms with Crippen LogP contribution in [0.5, 0.6) is 5.75 Å². The molecule has 0 saturated carbocycles. The third-order valence-electron chi connectivity index (χ3n) is 4.73. The van der Waals surface area contributed by atoms with Gasteiger partial charge in [0.2, 0.25) is 0 Å². The van der Waals surface area contributed by atoms with Crippen LogP contribution in [0.3, 0.4) is 0 Å². The standard InChI is InChI=1S/C20H21FN2O5S/c1-10-3-5-12-15(7-10)29-19(17(12)18(22)25)23-16(24)9-28-20(26)11-4-6-14(27-2)13(21)8-11/h4,6,8,10H,3,5,7,9H2,1-2H3,(H2,22,25)(H,23,24)/t10-/m1/s1. The Kier molecular flexibility index (Phi) is 6.17. The lowest BCUT2D eigenvalue weighted by atomic mass is 9.88. The number of anilines is 1. The molecule has 7 nitrogen and oxygen atoms in total. The summed E-state index contributed by atoms with van der Waals surface area (Å²) in [7, 11) is 1.31. The average molecular weight is 420 g/mol. The van der Waals surface area contributed by atoms with Crippen LogP contribution in [0.4, 0.5) is 9.39 Å². The third kappa shape index (κ3) is 4.56. The molecule has 29 heavy (non-hydrogen) atoms. The molecule has 0 fully saturated rings. The molecule has 154 valence electrons. The molecule has 0 radical (unpaired) electrons. The number of amides is 2. The van der Waals surface area contributed by atoms with Crippen molar-refractivity contribution in [2.45, 2.75) is 26.2 Å². The second-order valence-electron chi connectivity index (χ2n) is 6.89. The minimum absolute atomic E-state index is 0.00532. The van der Waals surface area contributed by atoms with Crippen molar-refractivity contribution in [3.8, 4) is 5.75 Å². The van der Waals surface area contributed by atoms with Gasteiger partial charge in [0, 0.05) is 4.88 Å². The Hall–Kier alpha value is -2.94. The molecule has 2 aromatic rings. The van der Waals surface area contributed by atoms with Crippen LogP contribution >= 0.6 is 11.3 Å². The molecule has 1 heterocycles. The summed E-state index contributed by atoms with van der Waals surface area (Å²) >= 11 is 1.32. The van der Waals surface area contributed by atoms with Gasteiger partial charge in [-0.3, -0.25) is 9.59 Å². The molecule has 0 bridgehead atoms. The highest BCUT2D eigenvalue weighted by Gasteiger charge is 2.27. The summed E-state index contributed by atoms with van der Waals surface area (Å²) in [5.74, 6) is -2.28. The van der Waals surface area contributed by atoms with Crippen LogP contribution in [0.15, 0.2) is 18.2 Å². The lowest BCUT2D eigenvalue weighted by molar-refractivity contribution is -0.119. The Morgan fingerprint density at radius 1 is 1.34 bits per heavy atom. The van der Waals surface area contributed by atoms with Crippen molar-refractivity contribution in [3.63, 3.8) is 0 Å². The van der Waals surface area contributed by atoms with E-state index in [2.05, 4.69) is 12.2 Å². The number of primary amides is 1. The minimum atomic E-state index is -0.851. The zero-order valence-corrected chi connectivity index (χ0v) is 16.9. The number of methoxy groups -OCH3 is 1. The summed E-state index contributed by atoms with van der Waals surface area (Å²) in [5.41, 5.74) is 6.69. The fourth-order valence-electron chi connectivity index (χ4n) is 3.27. The Morgan fingerprint density at radius 2 is 2.10 bits per heavy atom. The SMILES string of the molecule is COc1ccc(C(=O)OCC(=O)Nc2sc3c(c2C(N)=O)CC[C@@H](C)C3)cc1F. The first kappa shape index (κ1) is 20.8. The maximum absolute atomic E-state index is 13.7. The van der Waals surface area contributed by atoms with Gasteiger partial charge in [-0.05, 0) is 48.9 Å². The summed E-state index contributed by atoms with van der Waals surface area (Å²) in [4.78, 5) is 37.2. The number of rotatable bonds is 6. The Morgan fingerprint density at radius 3 is 2.76 bits per heavy atom. The third-order valence-corrected chi connectivity index (χ3v) is 5.90. The summed E-state index contributed by atoms with van der Waals surface area (Å²) in [6.07, 6.45) is 2.51. The minimum Gasteiger partial charge on any atom is -0.494 e. The van der Waals surface area contributed by atoms with Crippen molar-refractivity contribution in [2.75, 3.05) is 19.0 Å². The van der Waals surface area contributed by atoms with E-state index < -0.39 is 30.2 Å². The van der Waals surface area contributed by atoms with Crippen LogP contribution in [0.2, 0.25) is 0 Å². The molecule has 9 heteroatoms. The zero-order chi connectivity index (χ0) is 21.1. The highest BCUT2D eigenvalue weighted by Crippen LogP contribution is 2.39. The van der Waals surface area contributed by atoms with E-state index in [1.165, 1.54) is 30.6 Å². The van der Waals surface area contributed by atoms with E-state index in [-0.39, 0.29) is 11.3 Å². The molecule has 1 aliphatic carbocycles. The zero-order valence-electron chi connectivity index (χ0n) is 16.0. The van der Waals surface area contributed by atoms with Crippen molar-refractivity contribution >= 4 is 34.1 Å². The van der Waals surface area contributed by atoms with Gasteiger partial charge < -0.3 is 20.5 Å². The van der Waals surface area contributed by atoms with E-state index in [9.17, 15) is 18.8 Å². The predicted molar refractivity (Wildman–Crippen MR) is 106 cm³/mol. The average Bonchev–Trinajstić information content (AvgIpc) is 3.02. The summed E-state index contributed by atoms with van der Waals surface area (Å²) in [6, 6.07) is 3.60. The number of esters is 1. The highest BCUT2D eigenvalue weighted by atomic mass is 32.1. The number of halogens is 1. The van der Waals surface area contributed by atoms with Gasteiger partial charge in [-0.15, -0.1) is 11.3 Å². The van der Waals surface area contributed by atoms with Crippen LogP contribution in [0.1, 0.15) is 44.5 Å². The number of nitrogens with one attached hydrogen (secondary N) is 1. The number of hydrogen-bond acceptors (Lipinski definition) is 6. The normalized spacial score (nSPS) is 15.3. The number of fused-ring (bicyclic) bond motifs is 1. The molecule has 1 aromatic heterocycles. The number of carbonyl (C=O) groups excluding carboxylic acids is 3. The van der Waals surface area contributed by atoms with E-state index in [1.807, 2.05) is 0 Å². The van der Waals surface area contributed by atoms with Crippen LogP contribution in [0, 0.1) is 11.7 Å². The fraction of sp³-hybridized carbons (Fsp3) is 0.350. The van der Waals surface area contributed by atoms with Crippen molar-refractivity contribution in [2.24, 2.45) is 11.7 Å². The van der Waals surface area contributed by atoms with Crippen molar-refractivity contribution in [1.29, 1.82) is 0 Å². The maximum Gasteiger partial charge on any atom is 0.338 e. The number of nitrogens with two attached hydrogens (primary N) is 1. The highest BCUT2D eigenvalue weighted by molar-refractivity contribution is 7.17. The molecular formula is C20H21FN2O5S. The van der Waals surface area contributed by atoms with E-state index in [4.69, 9.17) is 15.2 Å². The first-order valence-electron chi connectivity index (χ1n) is 9.05. The summed E-state index contributed by atoms with van der Waals surface area (Å²) in [6.45, 7) is 1.55. The van der Waals surface area contributed by atoms with E-state index >= 15 is 0 Å². The molecule has 2 amide bonds. The van der Waals surface area contributed by atoms with Gasteiger partial charge in [0.25, 0.3) is 11.8 Å². The van der Waals surface area contributed by atoms with Gasteiger partial charge in [-0.1, -0.05) is 6.92 Å². The van der Waals surface area contributed by atoms with Gasteiger partial charge in [0.05, 0.1) is 18.2 Å². The predicted octanol–water partition coefficient (Wildman–Crippen LogP) is 2.92. The second-order valence-corrected chi connectivity index (χ2v) is 8.00. The van der Waals surface area contributed by atoms with Crippen molar-refractivity contribution in [3.05, 3.63) is 45.6 Å². The molecule has 0 spiro atoms. The molecule has 1 aromatic carbocycles. The lowest BCUT2D eigenvalue weighted by Crippen LogP contribution is -2.23. The fourth-order valence-corrected chi connectivity index (χ4v) is 4.70. The Labute approximate surface area is 171 Å². The number of benzene rings is 1. The van der Waals surface area contributed by atoms with E-state index in [0.717, 1.165) is 35.8 Å². The molecule has 0 unspecified atom stereocenters. The van der Waals surface area contributed by atoms with E-state index in [1.54, 1.807) is 0 Å². The largest absolute Gasteiger partial charge is 0.494 e. The molecule has 0 aliphatic heterocycles. The number of thiophene rings is 1. The second kappa shape index (κ2) is 8.60. The number of ether oxygens (including phenoxy) is 2. The van der Waals surface area contributed by atoms with Crippen LogP contribution < -0.4 is 15.8 Å². The van der Waals surface area contributed by atoms with Crippen molar-refractivity contribution in [1.82, 2.24) is 0 Å². The van der Waals surface area contributed by atoms with Crippen LogP contribution in [-0.4, -0.2) is 31.5 Å².